The maximum absolute atomic E-state index is 5.51. The van der Waals surface area contributed by atoms with E-state index in [-0.39, 0.29) is 0 Å². The van der Waals surface area contributed by atoms with Gasteiger partial charge in [0, 0.05) is 11.4 Å². The van der Waals surface area contributed by atoms with Crippen molar-refractivity contribution in [1.29, 1.82) is 0 Å². The number of ether oxygens (including phenoxy) is 1. The summed E-state index contributed by atoms with van der Waals surface area (Å²) in [5.74, 6) is 1.46. The zero-order valence-electron chi connectivity index (χ0n) is 12.9. The smallest absolute Gasteiger partial charge is 0.194 e. The molecule has 112 valence electrons. The first-order valence-corrected chi connectivity index (χ1v) is 7.85. The van der Waals surface area contributed by atoms with Gasteiger partial charge in [0.15, 0.2) is 11.6 Å². The Morgan fingerprint density at radius 2 is 2.05 bits per heavy atom. The van der Waals surface area contributed by atoms with E-state index in [1.165, 1.54) is 16.0 Å². The quantitative estimate of drug-likeness (QED) is 0.815. The number of aryl methyl sites for hydroxylation is 2. The van der Waals surface area contributed by atoms with Gasteiger partial charge in [-0.3, -0.25) is 0 Å². The summed E-state index contributed by atoms with van der Waals surface area (Å²) in [6, 6.07) is 6.41. The minimum absolute atomic E-state index is 0.705. The number of methoxy groups -OCH3 is 1. The Morgan fingerprint density at radius 1 is 1.24 bits per heavy atom. The number of anilines is 1. The van der Waals surface area contributed by atoms with Crippen molar-refractivity contribution < 1.29 is 4.74 Å². The third-order valence-corrected chi connectivity index (χ3v) is 4.21. The van der Waals surface area contributed by atoms with E-state index in [1.54, 1.807) is 25.2 Å². The maximum atomic E-state index is 5.51. The molecule has 0 spiro atoms. The minimum atomic E-state index is 0.705. The van der Waals surface area contributed by atoms with Crippen molar-refractivity contribution in [2.24, 2.45) is 0 Å². The van der Waals surface area contributed by atoms with Gasteiger partial charge in [-0.15, -0.1) is 0 Å². The van der Waals surface area contributed by atoms with Crippen LogP contribution in [-0.2, 0) is 0 Å². The van der Waals surface area contributed by atoms with Gasteiger partial charge in [-0.05, 0) is 37.5 Å². The SMILES string of the molecule is CCCNc1ncnc(Sc2cc(C)ccc2C)c1OC. The van der Waals surface area contributed by atoms with Crippen LogP contribution < -0.4 is 10.1 Å². The van der Waals surface area contributed by atoms with Crippen LogP contribution >= 0.6 is 11.8 Å². The van der Waals surface area contributed by atoms with Crippen LogP contribution in [0.3, 0.4) is 0 Å². The largest absolute Gasteiger partial charge is 0.490 e. The van der Waals surface area contributed by atoms with Crippen molar-refractivity contribution >= 4 is 17.6 Å². The molecule has 0 radical (unpaired) electrons. The lowest BCUT2D eigenvalue weighted by Crippen LogP contribution is -2.05. The van der Waals surface area contributed by atoms with E-state index in [0.717, 1.165) is 23.8 Å². The lowest BCUT2D eigenvalue weighted by atomic mass is 10.2. The van der Waals surface area contributed by atoms with Crippen LogP contribution in [0.25, 0.3) is 0 Å². The highest BCUT2D eigenvalue weighted by atomic mass is 32.2. The average Bonchev–Trinajstić information content (AvgIpc) is 2.49. The summed E-state index contributed by atoms with van der Waals surface area (Å²) in [6.07, 6.45) is 2.61. The Balaban J connectivity index is 2.33. The molecule has 0 aliphatic rings. The topological polar surface area (TPSA) is 47.0 Å². The molecule has 0 unspecified atom stereocenters. The van der Waals surface area contributed by atoms with Crippen molar-refractivity contribution in [3.63, 3.8) is 0 Å². The van der Waals surface area contributed by atoms with Crippen molar-refractivity contribution in [3.05, 3.63) is 35.7 Å². The molecule has 0 bridgehead atoms. The summed E-state index contributed by atoms with van der Waals surface area (Å²) in [4.78, 5) is 9.83. The van der Waals surface area contributed by atoms with Gasteiger partial charge in [-0.25, -0.2) is 9.97 Å². The molecule has 0 aliphatic carbocycles. The molecular formula is C16H21N3OS. The van der Waals surface area contributed by atoms with E-state index < -0.39 is 0 Å². The minimum Gasteiger partial charge on any atom is -0.490 e. The molecule has 0 atom stereocenters. The van der Waals surface area contributed by atoms with E-state index in [9.17, 15) is 0 Å². The Kier molecular flexibility index (Phi) is 5.44. The molecule has 2 aromatic rings. The van der Waals surface area contributed by atoms with E-state index in [1.807, 2.05) is 0 Å². The molecule has 21 heavy (non-hydrogen) atoms. The Morgan fingerprint density at radius 3 is 2.76 bits per heavy atom. The summed E-state index contributed by atoms with van der Waals surface area (Å²) in [5.41, 5.74) is 2.47. The third-order valence-electron chi connectivity index (χ3n) is 3.07. The van der Waals surface area contributed by atoms with Crippen molar-refractivity contribution in [2.45, 2.75) is 37.1 Å². The van der Waals surface area contributed by atoms with Gasteiger partial charge < -0.3 is 10.1 Å². The molecule has 0 fully saturated rings. The standard InChI is InChI=1S/C16H21N3OS/c1-5-8-17-15-14(20-4)16(19-10-18-15)21-13-9-11(2)6-7-12(13)3/h6-7,9-10H,5,8H2,1-4H3,(H,17,18,19). The number of rotatable bonds is 6. The Hall–Kier alpha value is -1.75. The van der Waals surface area contributed by atoms with Crippen molar-refractivity contribution in [2.75, 3.05) is 19.0 Å². The summed E-state index contributed by atoms with van der Waals surface area (Å²) in [5, 5.41) is 4.11. The van der Waals surface area contributed by atoms with Crippen LogP contribution in [0, 0.1) is 13.8 Å². The average molecular weight is 303 g/mol. The fourth-order valence-electron chi connectivity index (χ4n) is 1.91. The molecule has 1 N–H and O–H groups in total. The molecule has 1 aromatic heterocycles. The van der Waals surface area contributed by atoms with Gasteiger partial charge in [0.1, 0.15) is 11.4 Å². The van der Waals surface area contributed by atoms with Gasteiger partial charge in [0.2, 0.25) is 0 Å². The van der Waals surface area contributed by atoms with Crippen LogP contribution in [-0.4, -0.2) is 23.6 Å². The van der Waals surface area contributed by atoms with E-state index in [0.29, 0.717) is 5.75 Å². The first-order valence-electron chi connectivity index (χ1n) is 7.03. The van der Waals surface area contributed by atoms with Crippen LogP contribution in [0.1, 0.15) is 24.5 Å². The molecule has 0 aliphatic heterocycles. The number of nitrogens with one attached hydrogen (secondary N) is 1. The molecule has 1 aromatic carbocycles. The van der Waals surface area contributed by atoms with Gasteiger partial charge in [0.05, 0.1) is 7.11 Å². The van der Waals surface area contributed by atoms with Crippen LogP contribution in [0.5, 0.6) is 5.75 Å². The molecule has 0 amide bonds. The maximum Gasteiger partial charge on any atom is 0.194 e. The monoisotopic (exact) mass is 303 g/mol. The number of nitrogens with zero attached hydrogens (tertiary/aromatic N) is 2. The van der Waals surface area contributed by atoms with Crippen LogP contribution in [0.4, 0.5) is 5.82 Å². The van der Waals surface area contributed by atoms with Crippen molar-refractivity contribution in [3.8, 4) is 5.75 Å². The van der Waals surface area contributed by atoms with E-state index in [4.69, 9.17) is 4.74 Å². The predicted molar refractivity (Wildman–Crippen MR) is 87.4 cm³/mol. The van der Waals surface area contributed by atoms with Crippen LogP contribution in [0.15, 0.2) is 34.4 Å². The number of hydrogen-bond acceptors (Lipinski definition) is 5. The molecule has 1 heterocycles. The lowest BCUT2D eigenvalue weighted by molar-refractivity contribution is 0.400. The van der Waals surface area contributed by atoms with Gasteiger partial charge >= 0.3 is 0 Å². The highest BCUT2D eigenvalue weighted by molar-refractivity contribution is 7.99. The molecule has 0 saturated heterocycles. The second-order valence-electron chi connectivity index (χ2n) is 4.86. The van der Waals surface area contributed by atoms with Gasteiger partial charge in [-0.2, -0.15) is 0 Å². The number of hydrogen-bond donors (Lipinski definition) is 1. The Labute approximate surface area is 130 Å². The van der Waals surface area contributed by atoms with E-state index >= 15 is 0 Å². The number of aromatic nitrogens is 2. The summed E-state index contributed by atoms with van der Waals surface area (Å²) in [6.45, 7) is 7.17. The summed E-state index contributed by atoms with van der Waals surface area (Å²) >= 11 is 1.61. The second kappa shape index (κ2) is 7.31. The zero-order chi connectivity index (χ0) is 15.2. The lowest BCUT2D eigenvalue weighted by Gasteiger charge is -2.13. The van der Waals surface area contributed by atoms with Gasteiger partial charge in [-0.1, -0.05) is 30.8 Å². The fraction of sp³-hybridized carbons (Fsp3) is 0.375. The predicted octanol–water partition coefficient (Wildman–Crippen LogP) is 4.08. The summed E-state index contributed by atoms with van der Waals surface area (Å²) < 4.78 is 5.51. The first kappa shape index (κ1) is 15.6. The zero-order valence-corrected chi connectivity index (χ0v) is 13.8. The summed E-state index contributed by atoms with van der Waals surface area (Å²) in [7, 11) is 1.66. The molecule has 5 heteroatoms. The Bertz CT molecular complexity index is 616. The van der Waals surface area contributed by atoms with Gasteiger partial charge in [0.25, 0.3) is 0 Å². The first-order chi connectivity index (χ1) is 10.2. The molecule has 2 rings (SSSR count). The highest BCUT2D eigenvalue weighted by Crippen LogP contribution is 2.38. The van der Waals surface area contributed by atoms with E-state index in [2.05, 4.69) is 54.3 Å². The second-order valence-corrected chi connectivity index (χ2v) is 5.89. The molecule has 0 saturated carbocycles. The fourth-order valence-corrected chi connectivity index (χ4v) is 2.96. The number of benzene rings is 1. The molecule has 4 nitrogen and oxygen atoms in total. The highest BCUT2D eigenvalue weighted by Gasteiger charge is 2.14. The normalized spacial score (nSPS) is 10.5. The third kappa shape index (κ3) is 3.88. The molecular weight excluding hydrogens is 282 g/mol. The van der Waals surface area contributed by atoms with Crippen LogP contribution in [0.2, 0.25) is 0 Å². The van der Waals surface area contributed by atoms with Crippen molar-refractivity contribution in [1.82, 2.24) is 9.97 Å².